The van der Waals surface area contributed by atoms with Crippen LogP contribution in [0.4, 0.5) is 0 Å². The second-order valence-electron chi connectivity index (χ2n) is 4.45. The first kappa shape index (κ1) is 12.5. The maximum absolute atomic E-state index is 9.47. The number of allylic oxidation sites excluding steroid dienone is 1. The highest BCUT2D eigenvalue weighted by atomic mass is 16.3. The maximum atomic E-state index is 9.47. The number of hydrogen-bond acceptors (Lipinski definition) is 2. The fraction of sp³-hybridized carbons (Fsp3) is 0.818. The van der Waals surface area contributed by atoms with Crippen molar-refractivity contribution in [1.82, 2.24) is 0 Å². The van der Waals surface area contributed by atoms with Gasteiger partial charge in [0.1, 0.15) is 0 Å². The molecule has 0 heterocycles. The predicted molar refractivity (Wildman–Crippen MR) is 55.6 cm³/mol. The van der Waals surface area contributed by atoms with E-state index in [9.17, 15) is 10.2 Å². The van der Waals surface area contributed by atoms with Gasteiger partial charge >= 0.3 is 0 Å². The minimum Gasteiger partial charge on any atom is -0.513 e. The van der Waals surface area contributed by atoms with Crippen molar-refractivity contribution >= 4 is 0 Å². The Labute approximate surface area is 81.3 Å². The van der Waals surface area contributed by atoms with Gasteiger partial charge in [0.15, 0.2) is 0 Å². The average molecular weight is 186 g/mol. The summed E-state index contributed by atoms with van der Waals surface area (Å²) in [7, 11) is 0. The molecule has 0 amide bonds. The van der Waals surface area contributed by atoms with Gasteiger partial charge in [0.05, 0.1) is 11.9 Å². The Morgan fingerprint density at radius 1 is 1.15 bits per heavy atom. The Morgan fingerprint density at radius 2 is 1.69 bits per heavy atom. The zero-order chi connectivity index (χ0) is 10.4. The topological polar surface area (TPSA) is 40.5 Å². The summed E-state index contributed by atoms with van der Waals surface area (Å²) < 4.78 is 0. The van der Waals surface area contributed by atoms with Gasteiger partial charge in [-0.15, -0.1) is 0 Å². The van der Waals surface area contributed by atoms with E-state index in [0.29, 0.717) is 30.4 Å². The summed E-state index contributed by atoms with van der Waals surface area (Å²) in [5.74, 6) is 1.20. The molecule has 2 N–H and O–H groups in total. The molecule has 0 saturated heterocycles. The highest BCUT2D eigenvalue weighted by molar-refractivity contribution is 4.96. The van der Waals surface area contributed by atoms with Gasteiger partial charge in [-0.25, -0.2) is 0 Å². The van der Waals surface area contributed by atoms with Gasteiger partial charge in [-0.3, -0.25) is 0 Å². The van der Waals surface area contributed by atoms with Crippen LogP contribution >= 0.6 is 0 Å². The minimum atomic E-state index is -0.501. The van der Waals surface area contributed by atoms with Crippen LogP contribution in [0.15, 0.2) is 11.8 Å². The summed E-state index contributed by atoms with van der Waals surface area (Å²) in [6.45, 7) is 8.19. The van der Waals surface area contributed by atoms with Gasteiger partial charge in [0.25, 0.3) is 0 Å². The predicted octanol–water partition coefficient (Wildman–Crippen LogP) is 2.88. The van der Waals surface area contributed by atoms with Gasteiger partial charge in [0, 0.05) is 6.42 Å². The lowest BCUT2D eigenvalue weighted by Gasteiger charge is -2.10. The van der Waals surface area contributed by atoms with Crippen molar-refractivity contribution < 1.29 is 10.2 Å². The first-order valence-electron chi connectivity index (χ1n) is 4.99. The standard InChI is InChI=1S/C11H22O2/c1-8(2)5-10(12)7-11(13)6-9(3)4/h7-10,12-13H,5-6H2,1-4H3/b11-7-. The summed E-state index contributed by atoms with van der Waals surface area (Å²) in [5, 5.41) is 18.9. The highest BCUT2D eigenvalue weighted by Crippen LogP contribution is 2.11. The van der Waals surface area contributed by atoms with Gasteiger partial charge in [-0.1, -0.05) is 27.7 Å². The van der Waals surface area contributed by atoms with Crippen LogP contribution in [0.5, 0.6) is 0 Å². The van der Waals surface area contributed by atoms with E-state index in [1.54, 1.807) is 6.08 Å². The van der Waals surface area contributed by atoms with Crippen molar-refractivity contribution in [2.24, 2.45) is 11.8 Å². The Balaban J connectivity index is 3.91. The molecule has 2 heteroatoms. The third-order valence-electron chi connectivity index (χ3n) is 1.72. The molecule has 0 bridgehead atoms. The Hall–Kier alpha value is -0.500. The molecule has 0 aliphatic rings. The molecule has 13 heavy (non-hydrogen) atoms. The van der Waals surface area contributed by atoms with Crippen LogP contribution in [0, 0.1) is 11.8 Å². The smallest absolute Gasteiger partial charge is 0.0911 e. The van der Waals surface area contributed by atoms with Crippen LogP contribution in [0.25, 0.3) is 0 Å². The van der Waals surface area contributed by atoms with Crippen molar-refractivity contribution in [3.05, 3.63) is 11.8 Å². The van der Waals surface area contributed by atoms with E-state index in [-0.39, 0.29) is 0 Å². The van der Waals surface area contributed by atoms with Crippen molar-refractivity contribution in [2.75, 3.05) is 0 Å². The monoisotopic (exact) mass is 186 g/mol. The summed E-state index contributed by atoms with van der Waals surface area (Å²) in [4.78, 5) is 0. The van der Waals surface area contributed by atoms with E-state index >= 15 is 0 Å². The summed E-state index contributed by atoms with van der Waals surface area (Å²) in [6.07, 6.45) is 2.41. The SMILES string of the molecule is CC(C)C/C(O)=C/C(O)CC(C)C. The first-order chi connectivity index (χ1) is 5.91. The Bertz CT molecular complexity index is 159. The van der Waals surface area contributed by atoms with E-state index in [1.807, 2.05) is 13.8 Å². The first-order valence-corrected chi connectivity index (χ1v) is 4.99. The second kappa shape index (κ2) is 6.03. The molecule has 0 aromatic carbocycles. The van der Waals surface area contributed by atoms with Crippen molar-refractivity contribution in [1.29, 1.82) is 0 Å². The van der Waals surface area contributed by atoms with Crippen molar-refractivity contribution in [3.8, 4) is 0 Å². The number of aliphatic hydroxyl groups excluding tert-OH is 2. The van der Waals surface area contributed by atoms with Crippen molar-refractivity contribution in [2.45, 2.75) is 46.6 Å². The molecule has 78 valence electrons. The lowest BCUT2D eigenvalue weighted by molar-refractivity contribution is 0.188. The number of aliphatic hydroxyl groups is 2. The zero-order valence-corrected chi connectivity index (χ0v) is 9.12. The average Bonchev–Trinajstić information content (AvgIpc) is 1.80. The third-order valence-corrected chi connectivity index (χ3v) is 1.72. The molecular weight excluding hydrogens is 164 g/mol. The number of hydrogen-bond donors (Lipinski definition) is 2. The van der Waals surface area contributed by atoms with Crippen LogP contribution in [0.3, 0.4) is 0 Å². The fourth-order valence-electron chi connectivity index (χ4n) is 1.26. The number of rotatable bonds is 5. The highest BCUT2D eigenvalue weighted by Gasteiger charge is 2.06. The van der Waals surface area contributed by atoms with E-state index in [2.05, 4.69) is 13.8 Å². The molecule has 0 aromatic rings. The molecule has 0 spiro atoms. The summed E-state index contributed by atoms with van der Waals surface area (Å²) >= 11 is 0. The Morgan fingerprint density at radius 3 is 2.08 bits per heavy atom. The largest absolute Gasteiger partial charge is 0.513 e. The fourth-order valence-corrected chi connectivity index (χ4v) is 1.26. The van der Waals surface area contributed by atoms with E-state index in [0.717, 1.165) is 0 Å². The molecule has 2 nitrogen and oxygen atoms in total. The molecule has 0 fully saturated rings. The van der Waals surface area contributed by atoms with E-state index in [1.165, 1.54) is 0 Å². The molecule has 0 rings (SSSR count). The van der Waals surface area contributed by atoms with Gasteiger partial charge in [-0.05, 0) is 24.3 Å². The normalized spacial score (nSPS) is 15.5. The molecule has 0 aliphatic heterocycles. The van der Waals surface area contributed by atoms with Gasteiger partial charge in [-0.2, -0.15) is 0 Å². The van der Waals surface area contributed by atoms with Crippen LogP contribution in [-0.2, 0) is 0 Å². The minimum absolute atomic E-state index is 0.308. The van der Waals surface area contributed by atoms with E-state index < -0.39 is 6.10 Å². The maximum Gasteiger partial charge on any atom is 0.0911 e. The lowest BCUT2D eigenvalue weighted by Crippen LogP contribution is -2.08. The molecule has 0 aliphatic carbocycles. The van der Waals surface area contributed by atoms with Crippen LogP contribution in [0.2, 0.25) is 0 Å². The van der Waals surface area contributed by atoms with Gasteiger partial charge in [0.2, 0.25) is 0 Å². The summed E-state index contributed by atoms with van der Waals surface area (Å²) in [6, 6.07) is 0. The molecular formula is C11H22O2. The third kappa shape index (κ3) is 7.85. The molecule has 1 unspecified atom stereocenters. The van der Waals surface area contributed by atoms with E-state index in [4.69, 9.17) is 0 Å². The van der Waals surface area contributed by atoms with Crippen LogP contribution < -0.4 is 0 Å². The second-order valence-corrected chi connectivity index (χ2v) is 4.45. The molecule has 0 saturated carbocycles. The summed E-state index contributed by atoms with van der Waals surface area (Å²) in [5.41, 5.74) is 0. The quantitative estimate of drug-likeness (QED) is 0.648. The molecule has 0 radical (unpaired) electrons. The van der Waals surface area contributed by atoms with Crippen molar-refractivity contribution in [3.63, 3.8) is 0 Å². The zero-order valence-electron chi connectivity index (χ0n) is 9.12. The molecule has 1 atom stereocenters. The van der Waals surface area contributed by atoms with Crippen LogP contribution in [-0.4, -0.2) is 16.3 Å². The van der Waals surface area contributed by atoms with Crippen LogP contribution in [0.1, 0.15) is 40.5 Å². The lowest BCUT2D eigenvalue weighted by atomic mass is 10.0. The van der Waals surface area contributed by atoms with Gasteiger partial charge < -0.3 is 10.2 Å². The molecule has 0 aromatic heterocycles. The Kier molecular flexibility index (Phi) is 5.80.